The zero-order chi connectivity index (χ0) is 18.9. The fourth-order valence-electron chi connectivity index (χ4n) is 3.61. The number of rotatable bonds is 7. The number of nitrogens with zero attached hydrogens (tertiary/aromatic N) is 1. The third-order valence-electron chi connectivity index (χ3n) is 5.17. The van der Waals surface area contributed by atoms with Crippen molar-refractivity contribution in [3.8, 4) is 5.75 Å². The van der Waals surface area contributed by atoms with Crippen LogP contribution in [0.3, 0.4) is 0 Å². The Morgan fingerprint density at radius 3 is 2.23 bits per heavy atom. The van der Waals surface area contributed by atoms with Gasteiger partial charge < -0.3 is 14.4 Å². The lowest BCUT2D eigenvalue weighted by Crippen LogP contribution is -2.44. The zero-order valence-electron chi connectivity index (χ0n) is 16.2. The SMILES string of the molecule is COC(=O)C(C)CN(C(=O)Cc1ccc(OC)cc1)C1CCCCCC1. The van der Waals surface area contributed by atoms with E-state index in [2.05, 4.69) is 0 Å². The van der Waals surface area contributed by atoms with Crippen molar-refractivity contribution in [1.82, 2.24) is 4.90 Å². The minimum atomic E-state index is -0.317. The van der Waals surface area contributed by atoms with Crippen molar-refractivity contribution in [2.75, 3.05) is 20.8 Å². The summed E-state index contributed by atoms with van der Waals surface area (Å²) >= 11 is 0. The summed E-state index contributed by atoms with van der Waals surface area (Å²) in [5, 5.41) is 0. The molecule has 0 aliphatic heterocycles. The first-order valence-electron chi connectivity index (χ1n) is 9.55. The lowest BCUT2D eigenvalue weighted by molar-refractivity contribution is -0.147. The van der Waals surface area contributed by atoms with Crippen molar-refractivity contribution in [2.24, 2.45) is 5.92 Å². The van der Waals surface area contributed by atoms with Crippen molar-refractivity contribution in [3.63, 3.8) is 0 Å². The fraction of sp³-hybridized carbons (Fsp3) is 0.619. The van der Waals surface area contributed by atoms with Gasteiger partial charge in [-0.1, -0.05) is 44.7 Å². The normalized spacial score (nSPS) is 16.4. The van der Waals surface area contributed by atoms with E-state index in [1.807, 2.05) is 36.1 Å². The Labute approximate surface area is 156 Å². The molecule has 144 valence electrons. The molecule has 1 unspecified atom stereocenters. The first-order valence-corrected chi connectivity index (χ1v) is 9.55. The van der Waals surface area contributed by atoms with Gasteiger partial charge in [0.1, 0.15) is 5.75 Å². The molecule has 5 nitrogen and oxygen atoms in total. The van der Waals surface area contributed by atoms with Crippen LogP contribution in [0.2, 0.25) is 0 Å². The highest BCUT2D eigenvalue weighted by molar-refractivity contribution is 5.80. The molecule has 0 bridgehead atoms. The number of carbonyl (C=O) groups excluding carboxylic acids is 2. The first kappa shape index (κ1) is 20.3. The molecular weight excluding hydrogens is 330 g/mol. The van der Waals surface area contributed by atoms with E-state index in [0.717, 1.165) is 37.0 Å². The highest BCUT2D eigenvalue weighted by atomic mass is 16.5. The predicted octanol–water partition coefficient (Wildman–Crippen LogP) is 3.60. The molecule has 26 heavy (non-hydrogen) atoms. The van der Waals surface area contributed by atoms with Gasteiger partial charge in [0.15, 0.2) is 0 Å². The Bertz CT molecular complexity index is 576. The Balaban J connectivity index is 2.11. The number of esters is 1. The standard InChI is InChI=1S/C21H31NO4/c1-16(21(24)26-3)15-22(18-8-6-4-5-7-9-18)20(23)14-17-10-12-19(25-2)13-11-17/h10-13,16,18H,4-9,14-15H2,1-3H3. The molecule has 1 aliphatic rings. The summed E-state index contributed by atoms with van der Waals surface area (Å²) in [4.78, 5) is 26.9. The maximum Gasteiger partial charge on any atom is 0.310 e. The quantitative estimate of drug-likeness (QED) is 0.550. The van der Waals surface area contributed by atoms with Crippen LogP contribution in [0.15, 0.2) is 24.3 Å². The van der Waals surface area contributed by atoms with Crippen LogP contribution < -0.4 is 4.74 Å². The number of hydrogen-bond acceptors (Lipinski definition) is 4. The van der Waals surface area contributed by atoms with Gasteiger partial charge in [0.2, 0.25) is 5.91 Å². The van der Waals surface area contributed by atoms with Crippen LogP contribution in [0.4, 0.5) is 0 Å². The van der Waals surface area contributed by atoms with E-state index >= 15 is 0 Å². The molecule has 1 atom stereocenters. The van der Waals surface area contributed by atoms with Gasteiger partial charge in [-0.3, -0.25) is 9.59 Å². The second-order valence-electron chi connectivity index (χ2n) is 7.14. The van der Waals surface area contributed by atoms with Crippen LogP contribution in [0, 0.1) is 5.92 Å². The third kappa shape index (κ3) is 5.75. The molecule has 5 heteroatoms. The first-order chi connectivity index (χ1) is 12.5. The van der Waals surface area contributed by atoms with Gasteiger partial charge in [-0.15, -0.1) is 0 Å². The second kappa shape index (κ2) is 10.2. The Kier molecular flexibility index (Phi) is 7.95. The van der Waals surface area contributed by atoms with Gasteiger partial charge in [0, 0.05) is 12.6 Å². The number of benzene rings is 1. The minimum absolute atomic E-state index is 0.0813. The van der Waals surface area contributed by atoms with Gasteiger partial charge in [-0.05, 0) is 30.5 Å². The van der Waals surface area contributed by atoms with Crippen LogP contribution in [-0.2, 0) is 20.7 Å². The molecule has 1 aromatic rings. The maximum absolute atomic E-state index is 13.1. The Hall–Kier alpha value is -2.04. The van der Waals surface area contributed by atoms with Crippen LogP contribution >= 0.6 is 0 Å². The van der Waals surface area contributed by atoms with Crippen molar-refractivity contribution in [3.05, 3.63) is 29.8 Å². The van der Waals surface area contributed by atoms with E-state index in [9.17, 15) is 9.59 Å². The van der Waals surface area contributed by atoms with Gasteiger partial charge in [-0.25, -0.2) is 0 Å². The number of ether oxygens (including phenoxy) is 2. The number of amides is 1. The average molecular weight is 361 g/mol. The Morgan fingerprint density at radius 1 is 1.08 bits per heavy atom. The molecule has 1 aliphatic carbocycles. The summed E-state index contributed by atoms with van der Waals surface area (Å²) in [6, 6.07) is 7.80. The summed E-state index contributed by atoms with van der Waals surface area (Å²) in [7, 11) is 3.02. The lowest BCUT2D eigenvalue weighted by atomic mass is 10.0. The summed E-state index contributed by atoms with van der Waals surface area (Å²) < 4.78 is 10.0. The fourth-order valence-corrected chi connectivity index (χ4v) is 3.61. The summed E-state index contributed by atoms with van der Waals surface area (Å²) in [5.74, 6) is 0.280. The van der Waals surface area contributed by atoms with Gasteiger partial charge in [0.25, 0.3) is 0 Å². The maximum atomic E-state index is 13.1. The molecule has 1 fully saturated rings. The number of methoxy groups -OCH3 is 2. The number of carbonyl (C=O) groups is 2. The molecule has 0 N–H and O–H groups in total. The highest BCUT2D eigenvalue weighted by Gasteiger charge is 2.28. The summed E-state index contributed by atoms with van der Waals surface area (Å²) in [5.41, 5.74) is 0.958. The molecule has 0 spiro atoms. The molecule has 0 radical (unpaired) electrons. The van der Waals surface area contributed by atoms with Crippen molar-refractivity contribution < 1.29 is 19.1 Å². The predicted molar refractivity (Wildman–Crippen MR) is 101 cm³/mol. The van der Waals surface area contributed by atoms with E-state index in [-0.39, 0.29) is 23.8 Å². The van der Waals surface area contributed by atoms with Crippen LogP contribution in [0.25, 0.3) is 0 Å². The van der Waals surface area contributed by atoms with Crippen LogP contribution in [0.1, 0.15) is 51.0 Å². The molecule has 0 heterocycles. The van der Waals surface area contributed by atoms with E-state index in [0.29, 0.717) is 13.0 Å². The van der Waals surface area contributed by atoms with Crippen molar-refractivity contribution >= 4 is 11.9 Å². The summed E-state index contributed by atoms with van der Waals surface area (Å²) in [6.07, 6.45) is 7.11. The molecule has 2 rings (SSSR count). The average Bonchev–Trinajstić information content (AvgIpc) is 2.95. The van der Waals surface area contributed by atoms with Gasteiger partial charge in [-0.2, -0.15) is 0 Å². The molecule has 1 aromatic carbocycles. The van der Waals surface area contributed by atoms with Crippen molar-refractivity contribution in [2.45, 2.75) is 57.9 Å². The van der Waals surface area contributed by atoms with Gasteiger partial charge >= 0.3 is 5.97 Å². The smallest absolute Gasteiger partial charge is 0.310 e. The van der Waals surface area contributed by atoms with E-state index in [1.165, 1.54) is 20.0 Å². The van der Waals surface area contributed by atoms with Crippen LogP contribution in [0.5, 0.6) is 5.75 Å². The number of hydrogen-bond donors (Lipinski definition) is 0. The van der Waals surface area contributed by atoms with E-state index in [1.54, 1.807) is 7.11 Å². The molecule has 0 saturated heterocycles. The molecule has 0 aromatic heterocycles. The minimum Gasteiger partial charge on any atom is -0.497 e. The topological polar surface area (TPSA) is 55.8 Å². The van der Waals surface area contributed by atoms with Crippen LogP contribution in [-0.4, -0.2) is 43.6 Å². The van der Waals surface area contributed by atoms with Crippen molar-refractivity contribution in [1.29, 1.82) is 0 Å². The molecular formula is C21H31NO4. The largest absolute Gasteiger partial charge is 0.497 e. The van der Waals surface area contributed by atoms with E-state index < -0.39 is 0 Å². The monoisotopic (exact) mass is 361 g/mol. The summed E-state index contributed by atoms with van der Waals surface area (Å²) in [6.45, 7) is 2.25. The molecule has 1 amide bonds. The lowest BCUT2D eigenvalue weighted by Gasteiger charge is -2.33. The van der Waals surface area contributed by atoms with Gasteiger partial charge in [0.05, 0.1) is 26.6 Å². The second-order valence-corrected chi connectivity index (χ2v) is 7.14. The zero-order valence-corrected chi connectivity index (χ0v) is 16.2. The Morgan fingerprint density at radius 2 is 1.69 bits per heavy atom. The van der Waals surface area contributed by atoms with E-state index in [4.69, 9.17) is 9.47 Å². The third-order valence-corrected chi connectivity index (χ3v) is 5.17. The molecule has 1 saturated carbocycles. The highest BCUT2D eigenvalue weighted by Crippen LogP contribution is 2.24.